The molecule has 0 aliphatic rings. The third kappa shape index (κ3) is 5.11. The van der Waals surface area contributed by atoms with Gasteiger partial charge in [-0.3, -0.25) is 9.59 Å². The van der Waals surface area contributed by atoms with Crippen molar-refractivity contribution < 1.29 is 9.59 Å². The van der Waals surface area contributed by atoms with Crippen molar-refractivity contribution in [3.05, 3.63) is 71.8 Å². The molecule has 2 aromatic carbocycles. The minimum absolute atomic E-state index is 0.191. The number of ketones is 2. The van der Waals surface area contributed by atoms with Crippen LogP contribution in [-0.4, -0.2) is 30.7 Å². The molecule has 4 heteroatoms. The third-order valence-corrected chi connectivity index (χ3v) is 3.87. The third-order valence-electron chi connectivity index (χ3n) is 3.87. The molecule has 24 heavy (non-hydrogen) atoms. The highest BCUT2D eigenvalue weighted by Gasteiger charge is 2.27. The normalized spacial score (nSPS) is 10.8. The minimum atomic E-state index is -0.854. The highest BCUT2D eigenvalue weighted by molar-refractivity contribution is 6.19. The molecule has 0 atom stereocenters. The van der Waals surface area contributed by atoms with Crippen LogP contribution in [-0.2, 0) is 0 Å². The number of benzene rings is 2. The second-order valence-electron chi connectivity index (χ2n) is 5.70. The molecule has 0 unspecified atom stereocenters. The summed E-state index contributed by atoms with van der Waals surface area (Å²) in [6.07, 6.45) is 2.82. The molecule has 0 aliphatic carbocycles. The fraction of sp³-hybridized carbons (Fsp3) is 0.300. The molecule has 2 aromatic rings. The van der Waals surface area contributed by atoms with Crippen LogP contribution in [0.4, 0.5) is 0 Å². The van der Waals surface area contributed by atoms with Gasteiger partial charge in [0.1, 0.15) is 6.04 Å². The van der Waals surface area contributed by atoms with Crippen molar-refractivity contribution in [3.8, 4) is 0 Å². The zero-order valence-corrected chi connectivity index (χ0v) is 13.8. The van der Waals surface area contributed by atoms with E-state index in [0.29, 0.717) is 24.2 Å². The van der Waals surface area contributed by atoms with Crippen LogP contribution in [0.3, 0.4) is 0 Å². The van der Waals surface area contributed by atoms with Gasteiger partial charge in [-0.1, -0.05) is 67.1 Å². The number of hydrogen-bond acceptors (Lipinski definition) is 4. The van der Waals surface area contributed by atoms with Gasteiger partial charge in [-0.25, -0.2) is 0 Å². The molecule has 0 aliphatic heterocycles. The van der Waals surface area contributed by atoms with E-state index >= 15 is 0 Å². The number of nitrogens with one attached hydrogen (secondary N) is 1. The first-order valence-electron chi connectivity index (χ1n) is 8.36. The van der Waals surface area contributed by atoms with Crippen LogP contribution in [0.2, 0.25) is 0 Å². The number of rotatable bonds is 10. The van der Waals surface area contributed by atoms with Gasteiger partial charge in [-0.15, -0.1) is 0 Å². The molecule has 0 spiro atoms. The maximum atomic E-state index is 12.8. The number of hydrogen-bond donors (Lipinski definition) is 2. The maximum absolute atomic E-state index is 12.8. The second-order valence-corrected chi connectivity index (χ2v) is 5.70. The van der Waals surface area contributed by atoms with E-state index in [-0.39, 0.29) is 11.6 Å². The van der Waals surface area contributed by atoms with Gasteiger partial charge in [0.15, 0.2) is 11.6 Å². The van der Waals surface area contributed by atoms with E-state index < -0.39 is 6.04 Å². The summed E-state index contributed by atoms with van der Waals surface area (Å²) >= 11 is 0. The van der Waals surface area contributed by atoms with E-state index in [0.717, 1.165) is 19.3 Å². The van der Waals surface area contributed by atoms with Crippen LogP contribution in [0.5, 0.6) is 0 Å². The van der Waals surface area contributed by atoms with Gasteiger partial charge < -0.3 is 11.1 Å². The first-order chi connectivity index (χ1) is 11.7. The molecule has 0 saturated carbocycles. The Morgan fingerprint density at radius 2 is 1.29 bits per heavy atom. The molecule has 0 heterocycles. The Kier molecular flexibility index (Phi) is 7.33. The monoisotopic (exact) mass is 324 g/mol. The van der Waals surface area contributed by atoms with E-state index in [2.05, 4.69) is 5.32 Å². The Balaban J connectivity index is 2.12. The fourth-order valence-corrected chi connectivity index (χ4v) is 2.54. The Hall–Kier alpha value is -2.30. The summed E-state index contributed by atoms with van der Waals surface area (Å²) in [5.41, 5.74) is 6.58. The van der Waals surface area contributed by atoms with Gasteiger partial charge in [0.2, 0.25) is 0 Å². The predicted molar refractivity (Wildman–Crippen MR) is 96.2 cm³/mol. The van der Waals surface area contributed by atoms with Crippen molar-refractivity contribution in [1.82, 2.24) is 5.32 Å². The smallest absolute Gasteiger partial charge is 0.187 e. The Bertz CT molecular complexity index is 590. The van der Waals surface area contributed by atoms with Crippen LogP contribution in [0.15, 0.2) is 60.7 Å². The van der Waals surface area contributed by atoms with Crippen molar-refractivity contribution >= 4 is 11.6 Å². The molecule has 4 nitrogen and oxygen atoms in total. The highest BCUT2D eigenvalue weighted by Crippen LogP contribution is 2.10. The molecule has 0 fully saturated rings. The zero-order valence-electron chi connectivity index (χ0n) is 13.8. The number of carbonyl (C=O) groups excluding carboxylic acids is 2. The molecule has 0 saturated heterocycles. The molecular weight excluding hydrogens is 300 g/mol. The molecule has 3 N–H and O–H groups in total. The minimum Gasteiger partial charge on any atom is -0.330 e. The molecular formula is C20H24N2O2. The number of carbonyl (C=O) groups is 2. The van der Waals surface area contributed by atoms with Gasteiger partial charge in [0.25, 0.3) is 0 Å². The van der Waals surface area contributed by atoms with Crippen LogP contribution >= 0.6 is 0 Å². The highest BCUT2D eigenvalue weighted by atomic mass is 16.2. The lowest BCUT2D eigenvalue weighted by Gasteiger charge is -2.17. The van der Waals surface area contributed by atoms with Crippen molar-refractivity contribution in [3.63, 3.8) is 0 Å². The van der Waals surface area contributed by atoms with Crippen molar-refractivity contribution in [1.29, 1.82) is 0 Å². The zero-order chi connectivity index (χ0) is 17.2. The fourth-order valence-electron chi connectivity index (χ4n) is 2.54. The van der Waals surface area contributed by atoms with E-state index in [1.54, 1.807) is 48.5 Å². The van der Waals surface area contributed by atoms with Gasteiger partial charge >= 0.3 is 0 Å². The average Bonchev–Trinajstić information content (AvgIpc) is 2.65. The Labute approximate surface area is 143 Å². The van der Waals surface area contributed by atoms with Gasteiger partial charge in [0, 0.05) is 11.1 Å². The van der Waals surface area contributed by atoms with Crippen molar-refractivity contribution in [2.45, 2.75) is 25.3 Å². The number of unbranched alkanes of at least 4 members (excludes halogenated alkanes) is 2. The van der Waals surface area contributed by atoms with E-state index in [1.165, 1.54) is 0 Å². The topological polar surface area (TPSA) is 72.2 Å². The first kappa shape index (κ1) is 18.0. The standard InChI is InChI=1S/C20H24N2O2/c21-14-8-3-9-15-22-18(19(23)16-10-4-1-5-11-16)20(24)17-12-6-2-7-13-17/h1-2,4-7,10-13,18,22H,3,8-9,14-15,21H2. The van der Waals surface area contributed by atoms with Crippen LogP contribution in [0.25, 0.3) is 0 Å². The van der Waals surface area contributed by atoms with Gasteiger partial charge in [-0.05, 0) is 25.9 Å². The molecule has 0 bridgehead atoms. The first-order valence-corrected chi connectivity index (χ1v) is 8.36. The second kappa shape index (κ2) is 9.75. The lowest BCUT2D eigenvalue weighted by atomic mass is 9.96. The van der Waals surface area contributed by atoms with E-state index in [4.69, 9.17) is 5.73 Å². The van der Waals surface area contributed by atoms with E-state index in [1.807, 2.05) is 12.1 Å². The molecule has 0 radical (unpaired) electrons. The number of Topliss-reactive ketones (excluding diaryl/α,β-unsaturated/α-hetero) is 2. The summed E-state index contributed by atoms with van der Waals surface area (Å²) in [4.78, 5) is 25.6. The summed E-state index contributed by atoms with van der Waals surface area (Å²) in [6.45, 7) is 1.27. The van der Waals surface area contributed by atoms with Gasteiger partial charge in [0.05, 0.1) is 0 Å². The maximum Gasteiger partial charge on any atom is 0.187 e. The quantitative estimate of drug-likeness (QED) is 0.400. The molecule has 0 amide bonds. The summed E-state index contributed by atoms with van der Waals surface area (Å²) in [6, 6.07) is 17.0. The van der Waals surface area contributed by atoms with Gasteiger partial charge in [-0.2, -0.15) is 0 Å². The van der Waals surface area contributed by atoms with Crippen molar-refractivity contribution in [2.75, 3.05) is 13.1 Å². The summed E-state index contributed by atoms with van der Waals surface area (Å²) in [5.74, 6) is -0.383. The number of nitrogens with two attached hydrogens (primary N) is 1. The van der Waals surface area contributed by atoms with Crippen molar-refractivity contribution in [2.24, 2.45) is 5.73 Å². The lowest BCUT2D eigenvalue weighted by molar-refractivity contribution is 0.0838. The SMILES string of the molecule is NCCCCCNC(C(=O)c1ccccc1)C(=O)c1ccccc1. The average molecular weight is 324 g/mol. The summed E-state index contributed by atoms with van der Waals surface area (Å²) < 4.78 is 0. The predicted octanol–water partition coefficient (Wildman–Crippen LogP) is 2.84. The molecule has 2 rings (SSSR count). The molecule has 0 aromatic heterocycles. The molecule has 126 valence electrons. The Morgan fingerprint density at radius 1 is 0.792 bits per heavy atom. The lowest BCUT2D eigenvalue weighted by Crippen LogP contribution is -2.44. The summed E-state index contributed by atoms with van der Waals surface area (Å²) in [7, 11) is 0. The van der Waals surface area contributed by atoms with Crippen LogP contribution in [0, 0.1) is 0 Å². The largest absolute Gasteiger partial charge is 0.330 e. The van der Waals surface area contributed by atoms with E-state index in [9.17, 15) is 9.59 Å². The van der Waals surface area contributed by atoms with Crippen LogP contribution < -0.4 is 11.1 Å². The summed E-state index contributed by atoms with van der Waals surface area (Å²) in [5, 5.41) is 3.14. The van der Waals surface area contributed by atoms with Crippen LogP contribution in [0.1, 0.15) is 40.0 Å². The Morgan fingerprint density at radius 3 is 1.75 bits per heavy atom.